The van der Waals surface area contributed by atoms with E-state index in [4.69, 9.17) is 12.9 Å². The number of aryl methyl sites for hydroxylation is 4. The molecule has 5 aromatic rings. The molecule has 0 saturated heterocycles. The summed E-state index contributed by atoms with van der Waals surface area (Å²) >= 11 is 0. The van der Waals surface area contributed by atoms with E-state index in [2.05, 4.69) is 156 Å². The zero-order valence-electron chi connectivity index (χ0n) is 29.3. The molecule has 0 atom stereocenters. The van der Waals surface area contributed by atoms with Gasteiger partial charge in [0.1, 0.15) is 11.2 Å². The maximum absolute atomic E-state index is 7.06. The molecule has 0 amide bonds. The fraction of sp³-hybridized carbons (Fsp3) is 0.400. The van der Waals surface area contributed by atoms with Crippen LogP contribution in [-0.2, 0) is 10.8 Å². The molecule has 0 fully saturated rings. The fourth-order valence-electron chi connectivity index (χ4n) is 6.05. The van der Waals surface area contributed by atoms with Crippen LogP contribution in [0.3, 0.4) is 0 Å². The van der Waals surface area contributed by atoms with Gasteiger partial charge < -0.3 is 8.39 Å². The third-order valence-electron chi connectivity index (χ3n) is 8.79. The summed E-state index contributed by atoms with van der Waals surface area (Å²) in [5, 5.41) is 4.96. The first kappa shape index (κ1) is 33.5. The number of benzene rings is 4. The van der Waals surface area contributed by atoms with Crippen LogP contribution in [0.2, 0.25) is 0 Å². The fourth-order valence-corrected chi connectivity index (χ4v) is 9.97. The predicted molar refractivity (Wildman–Crippen MR) is 197 cm³/mol. The molecule has 0 spiro atoms. The number of fused-ring (bicyclic) bond motifs is 3. The minimum absolute atomic E-state index is 0.136. The van der Waals surface area contributed by atoms with E-state index in [0.29, 0.717) is 0 Å². The van der Waals surface area contributed by atoms with Crippen molar-refractivity contribution in [2.24, 2.45) is 0 Å². The van der Waals surface area contributed by atoms with Crippen LogP contribution in [0.25, 0.3) is 21.9 Å². The van der Waals surface area contributed by atoms with E-state index in [0.717, 1.165) is 28.1 Å². The highest BCUT2D eigenvalue weighted by molar-refractivity contribution is 7.73. The van der Waals surface area contributed by atoms with Crippen molar-refractivity contribution in [2.45, 2.75) is 99.5 Å². The van der Waals surface area contributed by atoms with Gasteiger partial charge in [-0.05, 0) is 93.2 Å². The Morgan fingerprint density at radius 1 is 0.600 bits per heavy atom. The maximum atomic E-state index is 7.06. The van der Waals surface area contributed by atoms with E-state index in [1.165, 1.54) is 44.0 Å². The zero-order chi connectivity index (χ0) is 32.9. The molecule has 238 valence electrons. The van der Waals surface area contributed by atoms with E-state index >= 15 is 0 Å². The first-order chi connectivity index (χ1) is 21.0. The molecule has 0 aliphatic rings. The Balaban J connectivity index is 1.80. The average molecular weight is 641 g/mol. The molecule has 1 heterocycles. The van der Waals surface area contributed by atoms with Gasteiger partial charge in [-0.25, -0.2) is 0 Å². The van der Waals surface area contributed by atoms with Gasteiger partial charge in [-0.3, -0.25) is 4.52 Å². The standard InChI is InChI=1S/C40H50O3P2/c1-26-23-32(38(5,6)7)36-34(28(26)3)35-29(4)27(2)24-33(39(8,9)10)37(35)42-45(41-36)43-40(11,12)25-44(30-19-15-13-16-20-30)31-21-17-14-18-22-31/h13-24H,25H2,1-12H3. The Hall–Kier alpha value is -2.83. The van der Waals surface area contributed by atoms with Crippen LogP contribution in [0, 0.1) is 27.7 Å². The van der Waals surface area contributed by atoms with Crippen molar-refractivity contribution in [3.63, 3.8) is 0 Å². The summed E-state index contributed by atoms with van der Waals surface area (Å²) in [6.45, 7) is 26.8. The summed E-state index contributed by atoms with van der Waals surface area (Å²) in [5.41, 5.74) is 8.32. The van der Waals surface area contributed by atoms with E-state index in [1.807, 2.05) is 0 Å². The van der Waals surface area contributed by atoms with E-state index in [-0.39, 0.29) is 10.8 Å². The van der Waals surface area contributed by atoms with Gasteiger partial charge in [0, 0.05) is 28.1 Å². The lowest BCUT2D eigenvalue weighted by Crippen LogP contribution is -2.34. The Kier molecular flexibility index (Phi) is 9.25. The van der Waals surface area contributed by atoms with E-state index < -0.39 is 21.8 Å². The Morgan fingerprint density at radius 3 is 1.33 bits per heavy atom. The second-order valence-electron chi connectivity index (χ2n) is 15.2. The van der Waals surface area contributed by atoms with Gasteiger partial charge in [-0.2, -0.15) is 0 Å². The highest BCUT2D eigenvalue weighted by Gasteiger charge is 2.31. The smallest absolute Gasteiger partial charge is 0.387 e. The quantitative estimate of drug-likeness (QED) is 0.173. The molecule has 0 radical (unpaired) electrons. The van der Waals surface area contributed by atoms with Crippen molar-refractivity contribution in [1.29, 1.82) is 0 Å². The Labute approximate surface area is 272 Å². The van der Waals surface area contributed by atoms with Gasteiger partial charge in [0.2, 0.25) is 0 Å². The summed E-state index contributed by atoms with van der Waals surface area (Å²) in [7, 11) is -2.46. The lowest BCUT2D eigenvalue weighted by molar-refractivity contribution is 0.188. The summed E-state index contributed by atoms with van der Waals surface area (Å²) in [6.07, 6.45) is 0.833. The van der Waals surface area contributed by atoms with Gasteiger partial charge >= 0.3 is 8.24 Å². The molecule has 0 bridgehead atoms. The van der Waals surface area contributed by atoms with E-state index in [1.54, 1.807) is 0 Å². The minimum atomic E-state index is -1.79. The Morgan fingerprint density at radius 2 is 0.978 bits per heavy atom. The second kappa shape index (κ2) is 12.4. The predicted octanol–water partition coefficient (Wildman–Crippen LogP) is 11.5. The van der Waals surface area contributed by atoms with E-state index in [9.17, 15) is 0 Å². The largest absolute Gasteiger partial charge is 0.399 e. The molecule has 4 aromatic carbocycles. The van der Waals surface area contributed by atoms with Gasteiger partial charge in [0.05, 0.1) is 5.60 Å². The topological polar surface area (TPSA) is 35.5 Å². The third-order valence-corrected chi connectivity index (χ3v) is 13.0. The molecule has 0 N–H and O–H groups in total. The van der Waals surface area contributed by atoms with Crippen molar-refractivity contribution < 1.29 is 12.9 Å². The zero-order valence-corrected chi connectivity index (χ0v) is 31.0. The number of hydrogen-bond donors (Lipinski definition) is 0. The van der Waals surface area contributed by atoms with Crippen LogP contribution in [0.5, 0.6) is 0 Å². The van der Waals surface area contributed by atoms with Crippen LogP contribution in [0.15, 0.2) is 81.2 Å². The SMILES string of the molecule is Cc1cc(C(C)(C)C)c2op(OC(C)(C)CP(c3ccccc3)c3ccccc3)oc3c(C(C)(C)C)cc(C)c(C)c3c2c1C. The molecule has 5 rings (SSSR count). The molecule has 1 aromatic heterocycles. The monoisotopic (exact) mass is 640 g/mol. The van der Waals surface area contributed by atoms with Gasteiger partial charge in [-0.15, -0.1) is 0 Å². The highest BCUT2D eigenvalue weighted by Crippen LogP contribution is 2.47. The lowest BCUT2D eigenvalue weighted by atomic mass is 9.81. The van der Waals surface area contributed by atoms with Crippen molar-refractivity contribution in [3.05, 3.63) is 106 Å². The molecule has 0 unspecified atom stereocenters. The van der Waals surface area contributed by atoms with Crippen LogP contribution < -0.4 is 15.1 Å². The molecule has 45 heavy (non-hydrogen) atoms. The van der Waals surface area contributed by atoms with Crippen molar-refractivity contribution in [3.8, 4) is 0 Å². The molecule has 0 aliphatic heterocycles. The minimum Gasteiger partial charge on any atom is -0.399 e. The Bertz CT molecular complexity index is 1750. The number of hydrogen-bond acceptors (Lipinski definition) is 3. The maximum Gasteiger partial charge on any atom is 0.387 e. The second-order valence-corrected chi connectivity index (χ2v) is 18.4. The third kappa shape index (κ3) is 6.97. The first-order valence-corrected chi connectivity index (χ1v) is 18.6. The molecule has 0 saturated carbocycles. The summed E-state index contributed by atoms with van der Waals surface area (Å²) < 4.78 is 21.2. The summed E-state index contributed by atoms with van der Waals surface area (Å²) in [6, 6.07) is 26.3. The lowest BCUT2D eigenvalue weighted by Gasteiger charge is -2.29. The van der Waals surface area contributed by atoms with Crippen LogP contribution in [-0.4, -0.2) is 11.8 Å². The highest BCUT2D eigenvalue weighted by atomic mass is 31.1. The molecule has 3 nitrogen and oxygen atoms in total. The molecule has 0 aliphatic carbocycles. The summed E-state index contributed by atoms with van der Waals surface area (Å²) in [5.74, 6) is 0. The van der Waals surface area contributed by atoms with Crippen LogP contribution in [0.4, 0.5) is 0 Å². The van der Waals surface area contributed by atoms with Crippen molar-refractivity contribution in [1.82, 2.24) is 0 Å². The molecular weight excluding hydrogens is 590 g/mol. The number of rotatable bonds is 6. The van der Waals surface area contributed by atoms with Crippen molar-refractivity contribution in [2.75, 3.05) is 6.16 Å². The first-order valence-electron chi connectivity index (χ1n) is 16.0. The van der Waals surface area contributed by atoms with Gasteiger partial charge in [0.15, 0.2) is 0 Å². The average Bonchev–Trinajstić information content (AvgIpc) is 3.12. The normalized spacial score (nSPS) is 12.8. The summed E-state index contributed by atoms with van der Waals surface area (Å²) in [4.78, 5) is 0. The van der Waals surface area contributed by atoms with Crippen LogP contribution in [0.1, 0.15) is 88.8 Å². The molecule has 5 heteroatoms. The molecular formula is C40H50O3P2. The van der Waals surface area contributed by atoms with Crippen molar-refractivity contribution >= 4 is 48.7 Å². The van der Waals surface area contributed by atoms with Gasteiger partial charge in [0.25, 0.3) is 0 Å². The van der Waals surface area contributed by atoms with Gasteiger partial charge in [-0.1, -0.05) is 114 Å². The van der Waals surface area contributed by atoms with Crippen LogP contribution >= 0.6 is 16.2 Å².